The number of methoxy groups -OCH3 is 1. The van der Waals surface area contributed by atoms with Gasteiger partial charge in [0.1, 0.15) is 16.5 Å². The number of hydrogen-bond donors (Lipinski definition) is 2. The molecule has 0 saturated carbocycles. The molecule has 2 aromatic rings. The summed E-state index contributed by atoms with van der Waals surface area (Å²) in [5, 5.41) is 16.9. The van der Waals surface area contributed by atoms with Crippen LogP contribution in [0.1, 0.15) is 5.56 Å². The van der Waals surface area contributed by atoms with Crippen molar-refractivity contribution in [3.8, 4) is 5.75 Å². The summed E-state index contributed by atoms with van der Waals surface area (Å²) in [5.41, 5.74) is 0.350. The highest BCUT2D eigenvalue weighted by Crippen LogP contribution is 2.29. The molecule has 21 heavy (non-hydrogen) atoms. The van der Waals surface area contributed by atoms with Crippen molar-refractivity contribution >= 4 is 21.5 Å². The van der Waals surface area contributed by atoms with Crippen molar-refractivity contribution in [1.82, 2.24) is 10.2 Å². The molecule has 0 aliphatic heterocycles. The second-order valence-electron chi connectivity index (χ2n) is 4.13. The molecule has 0 aliphatic rings. The standard InChI is InChI=1S/C11H12N4O5S/c1-7-6-12-13-11(7)14-21(18,19)10-4-3-8(15(16)17)5-9(10)20-2/h3-6H,1-2H3,(H2,12,13,14). The maximum absolute atomic E-state index is 12.3. The van der Waals surface area contributed by atoms with Gasteiger partial charge in [-0.2, -0.15) is 5.10 Å². The van der Waals surface area contributed by atoms with Crippen molar-refractivity contribution in [1.29, 1.82) is 0 Å². The summed E-state index contributed by atoms with van der Waals surface area (Å²) in [4.78, 5) is 9.87. The molecule has 0 unspecified atom stereocenters. The van der Waals surface area contributed by atoms with Crippen LogP contribution in [-0.2, 0) is 10.0 Å². The molecule has 0 amide bonds. The fraction of sp³-hybridized carbons (Fsp3) is 0.182. The fourth-order valence-corrected chi connectivity index (χ4v) is 2.87. The van der Waals surface area contributed by atoms with Crippen LogP contribution in [0.3, 0.4) is 0 Å². The monoisotopic (exact) mass is 312 g/mol. The number of ether oxygens (including phenoxy) is 1. The molecule has 10 heteroatoms. The first-order valence-corrected chi connectivity index (χ1v) is 7.18. The third-order valence-corrected chi connectivity index (χ3v) is 4.10. The highest BCUT2D eigenvalue weighted by molar-refractivity contribution is 7.92. The zero-order chi connectivity index (χ0) is 15.6. The van der Waals surface area contributed by atoms with Gasteiger partial charge in [-0.1, -0.05) is 0 Å². The zero-order valence-electron chi connectivity index (χ0n) is 11.2. The maximum atomic E-state index is 12.3. The number of aromatic amines is 1. The van der Waals surface area contributed by atoms with Crippen LogP contribution in [0.25, 0.3) is 0 Å². The number of aryl methyl sites for hydroxylation is 1. The number of nitrogens with one attached hydrogen (secondary N) is 2. The predicted octanol–water partition coefficient (Wildman–Crippen LogP) is 1.44. The summed E-state index contributed by atoms with van der Waals surface area (Å²) < 4.78 is 31.8. The average Bonchev–Trinajstić information content (AvgIpc) is 2.82. The van der Waals surface area contributed by atoms with E-state index in [-0.39, 0.29) is 22.2 Å². The third kappa shape index (κ3) is 2.94. The lowest BCUT2D eigenvalue weighted by molar-refractivity contribution is -0.385. The molecule has 1 aromatic heterocycles. The van der Waals surface area contributed by atoms with E-state index in [4.69, 9.17) is 4.74 Å². The highest BCUT2D eigenvalue weighted by Gasteiger charge is 2.23. The van der Waals surface area contributed by atoms with Crippen LogP contribution < -0.4 is 9.46 Å². The third-order valence-electron chi connectivity index (χ3n) is 2.71. The van der Waals surface area contributed by atoms with Gasteiger partial charge >= 0.3 is 0 Å². The van der Waals surface area contributed by atoms with Crippen LogP contribution in [0.4, 0.5) is 11.5 Å². The summed E-state index contributed by atoms with van der Waals surface area (Å²) in [5.74, 6) is 0.101. The van der Waals surface area contributed by atoms with Gasteiger partial charge in [0.15, 0.2) is 0 Å². The quantitative estimate of drug-likeness (QED) is 0.635. The second-order valence-corrected chi connectivity index (χ2v) is 5.78. The molecule has 9 nitrogen and oxygen atoms in total. The SMILES string of the molecule is COc1cc([N+](=O)[O-])ccc1S(=O)(=O)Nc1[nH]ncc1C. The van der Waals surface area contributed by atoms with Gasteiger partial charge in [-0.15, -0.1) is 0 Å². The number of H-pyrrole nitrogens is 1. The molecule has 0 bridgehead atoms. The first-order chi connectivity index (χ1) is 9.85. The molecule has 112 valence electrons. The molecule has 1 heterocycles. The van der Waals surface area contributed by atoms with Crippen LogP contribution in [0.2, 0.25) is 0 Å². The lowest BCUT2D eigenvalue weighted by Crippen LogP contribution is -2.15. The number of nitro groups is 1. The summed E-state index contributed by atoms with van der Waals surface area (Å²) in [6.45, 7) is 1.68. The number of benzene rings is 1. The van der Waals surface area contributed by atoms with Gasteiger partial charge in [0.05, 0.1) is 24.3 Å². The molecule has 1 aromatic carbocycles. The van der Waals surface area contributed by atoms with Crippen molar-refractivity contribution < 1.29 is 18.1 Å². The summed E-state index contributed by atoms with van der Waals surface area (Å²) in [6, 6.07) is 3.26. The maximum Gasteiger partial charge on any atom is 0.273 e. The summed E-state index contributed by atoms with van der Waals surface area (Å²) in [7, 11) is -2.72. The number of anilines is 1. The number of non-ortho nitro benzene ring substituents is 1. The molecule has 2 N–H and O–H groups in total. The lowest BCUT2D eigenvalue weighted by Gasteiger charge is -2.10. The predicted molar refractivity (Wildman–Crippen MR) is 73.8 cm³/mol. The molecule has 0 spiro atoms. The number of aromatic nitrogens is 2. The smallest absolute Gasteiger partial charge is 0.273 e. The average molecular weight is 312 g/mol. The number of hydrogen-bond acceptors (Lipinski definition) is 6. The minimum atomic E-state index is -3.96. The van der Waals surface area contributed by atoms with E-state index in [1.54, 1.807) is 6.92 Å². The van der Waals surface area contributed by atoms with Gasteiger partial charge < -0.3 is 4.74 Å². The van der Waals surface area contributed by atoms with Crippen LogP contribution in [0, 0.1) is 17.0 Å². The molecular weight excluding hydrogens is 300 g/mol. The number of nitro benzene ring substituents is 1. The van der Waals surface area contributed by atoms with E-state index < -0.39 is 14.9 Å². The molecule has 0 fully saturated rings. The van der Waals surface area contributed by atoms with Crippen LogP contribution in [0.15, 0.2) is 29.3 Å². The number of rotatable bonds is 5. The Bertz CT molecular complexity index is 784. The summed E-state index contributed by atoms with van der Waals surface area (Å²) in [6.07, 6.45) is 1.46. The zero-order valence-corrected chi connectivity index (χ0v) is 12.0. The Labute approximate surface area is 120 Å². The Balaban J connectivity index is 2.45. The molecule has 2 rings (SSSR count). The van der Waals surface area contributed by atoms with Crippen LogP contribution in [-0.4, -0.2) is 30.6 Å². The molecule has 0 saturated heterocycles. The van der Waals surface area contributed by atoms with Crippen molar-refractivity contribution in [2.45, 2.75) is 11.8 Å². The fourth-order valence-electron chi connectivity index (χ4n) is 1.63. The van der Waals surface area contributed by atoms with Gasteiger partial charge in [0, 0.05) is 11.6 Å². The first kappa shape index (κ1) is 14.8. The van der Waals surface area contributed by atoms with Crippen molar-refractivity contribution in [3.63, 3.8) is 0 Å². The van der Waals surface area contributed by atoms with E-state index in [1.807, 2.05) is 0 Å². The minimum Gasteiger partial charge on any atom is -0.495 e. The molecule has 0 aliphatic carbocycles. The van der Waals surface area contributed by atoms with Gasteiger partial charge in [-0.25, -0.2) is 8.42 Å². The Morgan fingerprint density at radius 3 is 2.67 bits per heavy atom. The number of nitrogens with zero attached hydrogens (tertiary/aromatic N) is 2. The van der Waals surface area contributed by atoms with Crippen molar-refractivity contribution in [2.75, 3.05) is 11.8 Å². The molecular formula is C11H12N4O5S. The van der Waals surface area contributed by atoms with E-state index in [2.05, 4.69) is 14.9 Å². The van der Waals surface area contributed by atoms with Crippen LogP contribution >= 0.6 is 0 Å². The Morgan fingerprint density at radius 2 is 2.14 bits per heavy atom. The lowest BCUT2D eigenvalue weighted by atomic mass is 10.3. The normalized spacial score (nSPS) is 11.1. The Kier molecular flexibility index (Phi) is 3.80. The van der Waals surface area contributed by atoms with Gasteiger partial charge in [-0.3, -0.25) is 19.9 Å². The minimum absolute atomic E-state index is 0.117. The Morgan fingerprint density at radius 1 is 1.43 bits per heavy atom. The topological polar surface area (TPSA) is 127 Å². The summed E-state index contributed by atoms with van der Waals surface area (Å²) >= 11 is 0. The largest absolute Gasteiger partial charge is 0.495 e. The Hall–Kier alpha value is -2.62. The van der Waals surface area contributed by atoms with Crippen LogP contribution in [0.5, 0.6) is 5.75 Å². The van der Waals surface area contributed by atoms with Gasteiger partial charge in [-0.05, 0) is 13.0 Å². The second kappa shape index (κ2) is 5.40. The van der Waals surface area contributed by atoms with Crippen molar-refractivity contribution in [3.05, 3.63) is 40.1 Å². The van der Waals surface area contributed by atoms with E-state index in [0.29, 0.717) is 5.56 Å². The van der Waals surface area contributed by atoms with E-state index >= 15 is 0 Å². The first-order valence-electron chi connectivity index (χ1n) is 5.70. The highest BCUT2D eigenvalue weighted by atomic mass is 32.2. The van der Waals surface area contributed by atoms with E-state index in [1.165, 1.54) is 13.3 Å². The van der Waals surface area contributed by atoms with Gasteiger partial charge in [0.25, 0.3) is 15.7 Å². The number of sulfonamides is 1. The molecule has 0 radical (unpaired) electrons. The molecule has 0 atom stereocenters. The van der Waals surface area contributed by atoms with E-state index in [0.717, 1.165) is 18.2 Å². The van der Waals surface area contributed by atoms with Gasteiger partial charge in [0.2, 0.25) is 0 Å². The van der Waals surface area contributed by atoms with Crippen molar-refractivity contribution in [2.24, 2.45) is 0 Å². The van der Waals surface area contributed by atoms with E-state index in [9.17, 15) is 18.5 Å².